The Morgan fingerprint density at radius 2 is 1.88 bits per heavy atom. The molecule has 0 saturated carbocycles. The van der Waals surface area contributed by atoms with E-state index in [2.05, 4.69) is 15.3 Å². The minimum absolute atomic E-state index is 0.597. The average Bonchev–Trinajstić information content (AvgIpc) is 3.06. The lowest BCUT2D eigenvalue weighted by Crippen LogP contribution is -2.05. The Morgan fingerprint density at radius 1 is 1.00 bits per heavy atom. The molecule has 0 atom stereocenters. The highest BCUT2D eigenvalue weighted by atomic mass is 35.5. The molecule has 4 aromatic rings. The fourth-order valence-corrected chi connectivity index (χ4v) is 3.52. The van der Waals surface area contributed by atoms with Gasteiger partial charge in [0.1, 0.15) is 5.82 Å². The zero-order chi connectivity index (χ0) is 16.4. The van der Waals surface area contributed by atoms with Crippen LogP contribution < -0.4 is 5.32 Å². The largest absolute Gasteiger partial charge is 0.364 e. The molecular formula is C18H13ClN4S. The summed E-state index contributed by atoms with van der Waals surface area (Å²) in [6.45, 7) is 0.597. The second-order valence-corrected chi connectivity index (χ2v) is 6.51. The molecule has 118 valence electrons. The van der Waals surface area contributed by atoms with Gasteiger partial charge in [-0.3, -0.25) is 4.98 Å². The lowest BCUT2D eigenvalue weighted by Gasteiger charge is -2.10. The van der Waals surface area contributed by atoms with Crippen molar-refractivity contribution in [2.75, 3.05) is 5.32 Å². The highest BCUT2D eigenvalue weighted by Gasteiger charge is 2.12. The number of anilines is 1. The van der Waals surface area contributed by atoms with E-state index < -0.39 is 0 Å². The first-order valence-electron chi connectivity index (χ1n) is 7.45. The topological polar surface area (TPSA) is 50.7 Å². The van der Waals surface area contributed by atoms with E-state index in [0.29, 0.717) is 17.4 Å². The molecule has 1 aromatic carbocycles. The molecule has 0 saturated heterocycles. The molecule has 0 unspecified atom stereocenters. The molecule has 24 heavy (non-hydrogen) atoms. The number of nitrogens with zero attached hydrogens (tertiary/aromatic N) is 3. The minimum Gasteiger partial charge on any atom is -0.364 e. The number of benzene rings is 1. The van der Waals surface area contributed by atoms with Gasteiger partial charge in [-0.1, -0.05) is 29.8 Å². The average molecular weight is 353 g/mol. The minimum atomic E-state index is 0.597. The lowest BCUT2D eigenvalue weighted by molar-refractivity contribution is 1.03. The monoisotopic (exact) mass is 352 g/mol. The van der Waals surface area contributed by atoms with Gasteiger partial charge in [0.15, 0.2) is 5.82 Å². The van der Waals surface area contributed by atoms with Crippen molar-refractivity contribution >= 4 is 39.7 Å². The maximum atomic E-state index is 6.25. The van der Waals surface area contributed by atoms with Gasteiger partial charge in [0.25, 0.3) is 0 Å². The third-order valence-corrected chi connectivity index (χ3v) is 4.92. The molecule has 0 bridgehead atoms. The Bertz CT molecular complexity index is 985. The number of hydrogen-bond donors (Lipinski definition) is 1. The number of thiophene rings is 1. The van der Waals surface area contributed by atoms with Gasteiger partial charge in [-0.15, -0.1) is 11.3 Å². The molecule has 0 aliphatic heterocycles. The molecule has 0 fully saturated rings. The second kappa shape index (κ2) is 6.55. The van der Waals surface area contributed by atoms with Crippen LogP contribution >= 0.6 is 22.9 Å². The van der Waals surface area contributed by atoms with Crippen LogP contribution in [0.5, 0.6) is 0 Å². The van der Waals surface area contributed by atoms with Gasteiger partial charge in [-0.25, -0.2) is 9.97 Å². The summed E-state index contributed by atoms with van der Waals surface area (Å²) < 4.78 is 0. The van der Waals surface area contributed by atoms with E-state index in [-0.39, 0.29) is 0 Å². The molecule has 0 radical (unpaired) electrons. The van der Waals surface area contributed by atoms with Crippen LogP contribution in [0.2, 0.25) is 5.02 Å². The Hall–Kier alpha value is -2.50. The van der Waals surface area contributed by atoms with Crippen LogP contribution in [0.25, 0.3) is 21.6 Å². The molecule has 4 rings (SSSR count). The summed E-state index contributed by atoms with van der Waals surface area (Å²) in [4.78, 5) is 14.6. The number of pyridine rings is 1. The predicted molar refractivity (Wildman–Crippen MR) is 99.4 cm³/mol. The number of fused-ring (bicyclic) bond motifs is 1. The Labute approximate surface area is 148 Å². The molecule has 6 heteroatoms. The first kappa shape index (κ1) is 15.1. The van der Waals surface area contributed by atoms with Crippen LogP contribution in [0.4, 0.5) is 5.82 Å². The van der Waals surface area contributed by atoms with Gasteiger partial charge in [0, 0.05) is 11.6 Å². The van der Waals surface area contributed by atoms with Crippen molar-refractivity contribution in [2.45, 2.75) is 6.54 Å². The molecule has 3 aromatic heterocycles. The van der Waals surface area contributed by atoms with Crippen LogP contribution in [0, 0.1) is 0 Å². The van der Waals surface area contributed by atoms with E-state index in [9.17, 15) is 0 Å². The van der Waals surface area contributed by atoms with Crippen LogP contribution in [-0.4, -0.2) is 15.0 Å². The number of aromatic nitrogens is 3. The molecule has 1 N–H and O–H groups in total. The first-order chi connectivity index (χ1) is 11.8. The van der Waals surface area contributed by atoms with Crippen LogP contribution in [0.3, 0.4) is 0 Å². The van der Waals surface area contributed by atoms with Gasteiger partial charge in [0.2, 0.25) is 0 Å². The fraction of sp³-hybridized carbons (Fsp3) is 0.0556. The smallest absolute Gasteiger partial charge is 0.173 e. The van der Waals surface area contributed by atoms with Crippen molar-refractivity contribution in [1.82, 2.24) is 15.0 Å². The second-order valence-electron chi connectivity index (χ2n) is 5.19. The van der Waals surface area contributed by atoms with E-state index in [0.717, 1.165) is 27.3 Å². The van der Waals surface area contributed by atoms with Crippen LogP contribution in [0.15, 0.2) is 60.1 Å². The number of halogens is 1. The summed E-state index contributed by atoms with van der Waals surface area (Å²) in [5.74, 6) is 1.42. The Morgan fingerprint density at radius 3 is 2.67 bits per heavy atom. The van der Waals surface area contributed by atoms with Gasteiger partial charge in [-0.2, -0.15) is 0 Å². The highest BCUT2D eigenvalue weighted by molar-refractivity contribution is 7.14. The van der Waals surface area contributed by atoms with Crippen molar-refractivity contribution in [3.05, 3.63) is 70.8 Å². The molecule has 0 spiro atoms. The Balaban J connectivity index is 1.76. The zero-order valence-electron chi connectivity index (χ0n) is 12.6. The van der Waals surface area contributed by atoms with Gasteiger partial charge in [-0.05, 0) is 35.7 Å². The molecule has 0 aliphatic carbocycles. The van der Waals surface area contributed by atoms with Crippen molar-refractivity contribution in [1.29, 1.82) is 0 Å². The van der Waals surface area contributed by atoms with Crippen LogP contribution in [-0.2, 0) is 6.54 Å². The van der Waals surface area contributed by atoms with Crippen molar-refractivity contribution in [3.8, 4) is 10.7 Å². The summed E-state index contributed by atoms with van der Waals surface area (Å²) >= 11 is 7.79. The molecular weight excluding hydrogens is 340 g/mol. The predicted octanol–water partition coefficient (Wildman–Crippen LogP) is 5.02. The number of para-hydroxylation sites is 1. The molecule has 3 heterocycles. The third kappa shape index (κ3) is 2.96. The van der Waals surface area contributed by atoms with Gasteiger partial charge >= 0.3 is 0 Å². The van der Waals surface area contributed by atoms with E-state index in [1.165, 1.54) is 11.3 Å². The summed E-state index contributed by atoms with van der Waals surface area (Å²) in [6.07, 6.45) is 1.78. The molecule has 4 nitrogen and oxygen atoms in total. The third-order valence-electron chi connectivity index (χ3n) is 3.59. The summed E-state index contributed by atoms with van der Waals surface area (Å²) in [5.41, 5.74) is 1.84. The lowest BCUT2D eigenvalue weighted by atomic mass is 10.2. The van der Waals surface area contributed by atoms with Gasteiger partial charge < -0.3 is 5.32 Å². The number of nitrogens with one attached hydrogen (secondary N) is 1. The zero-order valence-corrected chi connectivity index (χ0v) is 14.2. The van der Waals surface area contributed by atoms with Crippen molar-refractivity contribution in [2.24, 2.45) is 0 Å². The Kier molecular flexibility index (Phi) is 4.11. The van der Waals surface area contributed by atoms with E-state index in [1.54, 1.807) is 6.20 Å². The van der Waals surface area contributed by atoms with E-state index >= 15 is 0 Å². The normalized spacial score (nSPS) is 10.9. The number of hydrogen-bond acceptors (Lipinski definition) is 5. The summed E-state index contributed by atoms with van der Waals surface area (Å²) in [5, 5.41) is 6.96. The number of rotatable bonds is 4. The van der Waals surface area contributed by atoms with Crippen molar-refractivity contribution in [3.63, 3.8) is 0 Å². The van der Waals surface area contributed by atoms with Crippen LogP contribution in [0.1, 0.15) is 5.69 Å². The fourth-order valence-electron chi connectivity index (χ4n) is 2.44. The molecule has 0 aliphatic rings. The highest BCUT2D eigenvalue weighted by Crippen LogP contribution is 2.33. The quantitative estimate of drug-likeness (QED) is 0.560. The summed E-state index contributed by atoms with van der Waals surface area (Å²) in [7, 11) is 0. The maximum absolute atomic E-state index is 6.25. The van der Waals surface area contributed by atoms with Crippen molar-refractivity contribution < 1.29 is 0 Å². The standard InChI is InChI=1S/C18H13ClN4S/c19-14-8-10-24-16(14)18-22-15-7-2-1-6-13(15)17(23-18)21-11-12-5-3-4-9-20-12/h1-10H,11H2,(H,21,22,23). The molecule has 0 amide bonds. The van der Waals surface area contributed by atoms with E-state index in [1.807, 2.05) is 53.9 Å². The first-order valence-corrected chi connectivity index (χ1v) is 8.71. The SMILES string of the molecule is Clc1ccsc1-c1nc(NCc2ccccn2)c2ccccc2n1. The van der Waals surface area contributed by atoms with Gasteiger partial charge in [0.05, 0.1) is 27.7 Å². The van der Waals surface area contributed by atoms with E-state index in [4.69, 9.17) is 16.6 Å². The maximum Gasteiger partial charge on any atom is 0.173 e. The summed E-state index contributed by atoms with van der Waals surface area (Å²) in [6, 6.07) is 15.7.